The molecular weight excluding hydrogens is 208 g/mol. The molecule has 0 saturated heterocycles. The van der Waals surface area contributed by atoms with Gasteiger partial charge in [0.2, 0.25) is 0 Å². The van der Waals surface area contributed by atoms with E-state index < -0.39 is 0 Å². The van der Waals surface area contributed by atoms with Crippen LogP contribution in [-0.4, -0.2) is 35.3 Å². The smallest absolute Gasteiger partial charge is 0.118 e. The molecule has 15 heavy (non-hydrogen) atoms. The monoisotopic (exact) mass is 228 g/mol. The fraction of sp³-hybridized carbons (Fsp3) is 0.909. The zero-order chi connectivity index (χ0) is 11.1. The van der Waals surface area contributed by atoms with Crippen LogP contribution in [0.4, 0.5) is 0 Å². The van der Waals surface area contributed by atoms with E-state index in [9.17, 15) is 5.26 Å². The van der Waals surface area contributed by atoms with Crippen molar-refractivity contribution in [2.45, 2.75) is 31.7 Å². The third kappa shape index (κ3) is 3.67. The topological polar surface area (TPSA) is 56.0 Å². The van der Waals surface area contributed by atoms with E-state index in [1.54, 1.807) is 11.8 Å². The highest BCUT2D eigenvalue weighted by Crippen LogP contribution is 2.41. The summed E-state index contributed by atoms with van der Waals surface area (Å²) >= 11 is 1.77. The van der Waals surface area contributed by atoms with E-state index in [0.29, 0.717) is 5.92 Å². The molecule has 0 aromatic heterocycles. The molecule has 0 amide bonds. The molecule has 86 valence electrons. The van der Waals surface area contributed by atoms with Crippen LogP contribution in [-0.2, 0) is 0 Å². The van der Waals surface area contributed by atoms with Crippen molar-refractivity contribution < 1.29 is 5.11 Å². The fourth-order valence-electron chi connectivity index (χ4n) is 1.77. The lowest BCUT2D eigenvalue weighted by atomic mass is 9.98. The highest BCUT2D eigenvalue weighted by Gasteiger charge is 2.44. The van der Waals surface area contributed by atoms with Gasteiger partial charge in [-0.2, -0.15) is 17.0 Å². The van der Waals surface area contributed by atoms with Crippen LogP contribution in [0.5, 0.6) is 0 Å². The molecule has 1 saturated carbocycles. The number of nitriles is 1. The summed E-state index contributed by atoms with van der Waals surface area (Å²) < 4.78 is 0. The summed E-state index contributed by atoms with van der Waals surface area (Å²) in [7, 11) is 0. The zero-order valence-electron chi connectivity index (χ0n) is 9.33. The first-order valence-corrected chi connectivity index (χ1v) is 6.79. The van der Waals surface area contributed by atoms with Crippen LogP contribution in [0.15, 0.2) is 0 Å². The lowest BCUT2D eigenvalue weighted by Crippen LogP contribution is -2.48. The zero-order valence-corrected chi connectivity index (χ0v) is 10.1. The quantitative estimate of drug-likeness (QED) is 0.616. The number of nitrogens with zero attached hydrogens (tertiary/aromatic N) is 1. The van der Waals surface area contributed by atoms with E-state index in [4.69, 9.17) is 5.11 Å². The van der Waals surface area contributed by atoms with Gasteiger partial charge in [0.05, 0.1) is 6.07 Å². The number of rotatable bonds is 8. The van der Waals surface area contributed by atoms with Gasteiger partial charge in [-0.05, 0) is 37.5 Å². The van der Waals surface area contributed by atoms with Gasteiger partial charge in [0.25, 0.3) is 0 Å². The van der Waals surface area contributed by atoms with Gasteiger partial charge in [0.15, 0.2) is 0 Å². The summed E-state index contributed by atoms with van der Waals surface area (Å²) in [5, 5.41) is 21.3. The maximum absolute atomic E-state index is 9.30. The predicted octanol–water partition coefficient (Wildman–Crippen LogP) is 1.38. The van der Waals surface area contributed by atoms with Crippen molar-refractivity contribution in [1.29, 1.82) is 5.26 Å². The van der Waals surface area contributed by atoms with Crippen molar-refractivity contribution in [3.8, 4) is 6.07 Å². The van der Waals surface area contributed by atoms with Gasteiger partial charge in [-0.25, -0.2) is 0 Å². The van der Waals surface area contributed by atoms with Crippen LogP contribution in [0.25, 0.3) is 0 Å². The van der Waals surface area contributed by atoms with Crippen LogP contribution in [0.1, 0.15) is 26.2 Å². The van der Waals surface area contributed by atoms with Crippen molar-refractivity contribution in [1.82, 2.24) is 5.32 Å². The van der Waals surface area contributed by atoms with Gasteiger partial charge in [0.1, 0.15) is 5.54 Å². The molecule has 0 heterocycles. The van der Waals surface area contributed by atoms with E-state index in [1.165, 1.54) is 12.8 Å². The molecule has 0 aromatic carbocycles. The molecule has 1 unspecified atom stereocenters. The molecule has 0 spiro atoms. The lowest BCUT2D eigenvalue weighted by Gasteiger charge is -2.27. The third-order valence-corrected chi connectivity index (χ3v) is 3.98. The summed E-state index contributed by atoms with van der Waals surface area (Å²) in [4.78, 5) is 0. The third-order valence-electron chi connectivity index (χ3n) is 2.74. The first-order chi connectivity index (χ1) is 7.29. The van der Waals surface area contributed by atoms with Crippen molar-refractivity contribution in [3.63, 3.8) is 0 Å². The minimum absolute atomic E-state index is 0.247. The molecule has 1 aliphatic rings. The summed E-state index contributed by atoms with van der Waals surface area (Å²) in [5.41, 5.74) is -0.311. The molecule has 1 atom stereocenters. The average molecular weight is 228 g/mol. The molecule has 2 N–H and O–H groups in total. The maximum Gasteiger partial charge on any atom is 0.118 e. The van der Waals surface area contributed by atoms with E-state index >= 15 is 0 Å². The highest BCUT2D eigenvalue weighted by atomic mass is 32.2. The maximum atomic E-state index is 9.30. The normalized spacial score (nSPS) is 19.5. The molecular formula is C11H20N2OS. The highest BCUT2D eigenvalue weighted by molar-refractivity contribution is 7.99. The van der Waals surface area contributed by atoms with Gasteiger partial charge in [0, 0.05) is 12.4 Å². The van der Waals surface area contributed by atoms with Gasteiger partial charge in [-0.15, -0.1) is 0 Å². The van der Waals surface area contributed by atoms with Crippen molar-refractivity contribution in [3.05, 3.63) is 0 Å². The number of hydrogen-bond donors (Lipinski definition) is 2. The minimum Gasteiger partial charge on any atom is -0.396 e. The largest absolute Gasteiger partial charge is 0.396 e. The van der Waals surface area contributed by atoms with Crippen molar-refractivity contribution in [2.75, 3.05) is 24.7 Å². The van der Waals surface area contributed by atoms with Gasteiger partial charge < -0.3 is 5.11 Å². The van der Waals surface area contributed by atoms with Gasteiger partial charge in [-0.1, -0.05) is 6.92 Å². The Kier molecular flexibility index (Phi) is 5.44. The Bertz CT molecular complexity index is 225. The molecule has 1 fully saturated rings. The molecule has 0 bridgehead atoms. The Morgan fingerprint density at radius 3 is 2.80 bits per heavy atom. The second kappa shape index (κ2) is 6.37. The molecule has 4 heteroatoms. The van der Waals surface area contributed by atoms with Gasteiger partial charge >= 0.3 is 0 Å². The number of aliphatic hydroxyl groups excluding tert-OH is 1. The molecule has 0 aliphatic heterocycles. The summed E-state index contributed by atoms with van der Waals surface area (Å²) in [6.07, 6.45) is 3.19. The fourth-order valence-corrected chi connectivity index (χ4v) is 2.97. The average Bonchev–Trinajstić information content (AvgIpc) is 3.07. The second-order valence-electron chi connectivity index (χ2n) is 4.02. The van der Waals surface area contributed by atoms with E-state index in [0.717, 1.165) is 24.5 Å². The van der Waals surface area contributed by atoms with E-state index in [1.807, 2.05) is 6.92 Å². The van der Waals surface area contributed by atoms with E-state index in [-0.39, 0.29) is 12.1 Å². The lowest BCUT2D eigenvalue weighted by molar-refractivity contribution is 0.296. The first kappa shape index (κ1) is 12.8. The van der Waals surface area contributed by atoms with Crippen LogP contribution < -0.4 is 5.32 Å². The predicted molar refractivity (Wildman–Crippen MR) is 63.8 cm³/mol. The summed E-state index contributed by atoms with van der Waals surface area (Å²) in [6, 6.07) is 2.46. The van der Waals surface area contributed by atoms with Crippen LogP contribution in [0, 0.1) is 17.2 Å². The Morgan fingerprint density at radius 2 is 2.33 bits per heavy atom. The van der Waals surface area contributed by atoms with Gasteiger partial charge in [-0.3, -0.25) is 5.32 Å². The van der Waals surface area contributed by atoms with Crippen LogP contribution in [0.2, 0.25) is 0 Å². The first-order valence-electron chi connectivity index (χ1n) is 5.64. The summed E-state index contributed by atoms with van der Waals surface area (Å²) in [6.45, 7) is 3.15. The van der Waals surface area contributed by atoms with Crippen LogP contribution >= 0.6 is 11.8 Å². The summed E-state index contributed by atoms with van der Waals surface area (Å²) in [5.74, 6) is 2.34. The molecule has 1 aliphatic carbocycles. The second-order valence-corrected chi connectivity index (χ2v) is 5.12. The Labute approximate surface area is 96.2 Å². The number of thioether (sulfide) groups is 1. The van der Waals surface area contributed by atoms with Crippen molar-refractivity contribution >= 4 is 11.8 Å². The number of aliphatic hydroxyl groups is 1. The number of hydrogen-bond acceptors (Lipinski definition) is 4. The standard InChI is InChI=1S/C11H20N2OS/c1-2-13-11(8-12,10-4-5-10)9-15-7-3-6-14/h10,13-14H,2-7,9H2,1H3. The molecule has 1 rings (SSSR count). The minimum atomic E-state index is -0.311. The van der Waals surface area contributed by atoms with Crippen molar-refractivity contribution in [2.24, 2.45) is 5.92 Å². The SMILES string of the molecule is CCNC(C#N)(CSCCCO)C1CC1. The van der Waals surface area contributed by atoms with Crippen LogP contribution in [0.3, 0.4) is 0 Å². The number of nitrogens with one attached hydrogen (secondary N) is 1. The Hall–Kier alpha value is -0.240. The molecule has 0 radical (unpaired) electrons. The molecule has 0 aromatic rings. The Balaban J connectivity index is 2.38. The van der Waals surface area contributed by atoms with E-state index in [2.05, 4.69) is 11.4 Å². The Morgan fingerprint density at radius 1 is 1.60 bits per heavy atom. The molecule has 3 nitrogen and oxygen atoms in total.